The molecule has 21 heavy (non-hydrogen) atoms. The summed E-state index contributed by atoms with van der Waals surface area (Å²) in [6.45, 7) is 8.13. The van der Waals surface area contributed by atoms with Crippen LogP contribution >= 0.6 is 11.8 Å². The summed E-state index contributed by atoms with van der Waals surface area (Å²) in [5.74, 6) is 0.784. The van der Waals surface area contributed by atoms with Crippen molar-refractivity contribution < 1.29 is 14.3 Å². The lowest BCUT2D eigenvalue weighted by atomic mass is 9.94. The monoisotopic (exact) mass is 307 g/mol. The molecule has 0 spiro atoms. The van der Waals surface area contributed by atoms with E-state index < -0.39 is 5.97 Å². The second-order valence-electron chi connectivity index (χ2n) is 5.30. The summed E-state index contributed by atoms with van der Waals surface area (Å²) in [5.41, 5.74) is 2.01. The van der Waals surface area contributed by atoms with Crippen LogP contribution in [0.15, 0.2) is 17.0 Å². The van der Waals surface area contributed by atoms with E-state index in [1.165, 1.54) is 7.11 Å². The van der Waals surface area contributed by atoms with E-state index in [1.54, 1.807) is 0 Å². The van der Waals surface area contributed by atoms with Crippen molar-refractivity contribution in [2.24, 2.45) is 0 Å². The van der Waals surface area contributed by atoms with E-state index >= 15 is 0 Å². The van der Waals surface area contributed by atoms with E-state index in [9.17, 15) is 4.79 Å². The Balaban J connectivity index is 3.29. The first kappa shape index (κ1) is 17.4. The number of hydrogen-bond acceptors (Lipinski definition) is 5. The average Bonchev–Trinajstić information content (AvgIpc) is 2.44. The van der Waals surface area contributed by atoms with Crippen LogP contribution in [-0.4, -0.2) is 19.7 Å². The van der Waals surface area contributed by atoms with Gasteiger partial charge in [-0.05, 0) is 46.9 Å². The smallest absolute Gasteiger partial charge is 0.343 e. The molecule has 0 N–H and O–H groups in total. The van der Waals surface area contributed by atoms with E-state index in [2.05, 4.69) is 37.8 Å². The summed E-state index contributed by atoms with van der Waals surface area (Å²) in [4.78, 5) is 12.2. The Morgan fingerprint density at radius 1 is 1.24 bits per heavy atom. The van der Waals surface area contributed by atoms with Crippen molar-refractivity contribution in [2.45, 2.75) is 44.4 Å². The van der Waals surface area contributed by atoms with Crippen LogP contribution < -0.4 is 4.74 Å². The van der Waals surface area contributed by atoms with E-state index in [1.807, 2.05) is 12.1 Å². The van der Waals surface area contributed by atoms with Crippen LogP contribution in [0.5, 0.6) is 5.75 Å². The highest BCUT2D eigenvalue weighted by Gasteiger charge is 2.18. The lowest BCUT2D eigenvalue weighted by Gasteiger charge is -2.20. The van der Waals surface area contributed by atoms with Crippen molar-refractivity contribution >= 4 is 17.7 Å². The van der Waals surface area contributed by atoms with Gasteiger partial charge in [0, 0.05) is 4.90 Å². The molecular formula is C16H21NO3S. The minimum Gasteiger partial charge on any atom is -0.481 e. The molecule has 0 radical (unpaired) electrons. The number of nitriles is 1. The van der Waals surface area contributed by atoms with Gasteiger partial charge in [-0.3, -0.25) is 0 Å². The molecular weight excluding hydrogens is 286 g/mol. The number of benzene rings is 1. The Bertz CT molecular complexity index is 518. The summed E-state index contributed by atoms with van der Waals surface area (Å²) in [5, 5.41) is 11.0. The van der Waals surface area contributed by atoms with E-state index in [4.69, 9.17) is 10.00 Å². The molecule has 1 rings (SSSR count). The van der Waals surface area contributed by atoms with Gasteiger partial charge in [0.2, 0.25) is 0 Å². The lowest BCUT2D eigenvalue weighted by Crippen LogP contribution is -2.15. The summed E-state index contributed by atoms with van der Waals surface area (Å²) in [6.07, 6.45) is 0. The molecule has 0 unspecified atom stereocenters. The Morgan fingerprint density at radius 2 is 1.76 bits per heavy atom. The zero-order chi connectivity index (χ0) is 16.0. The minimum absolute atomic E-state index is 0.110. The fraction of sp³-hybridized carbons (Fsp3) is 0.500. The molecule has 0 heterocycles. The van der Waals surface area contributed by atoms with Crippen LogP contribution in [-0.2, 0) is 9.53 Å². The molecule has 0 aliphatic rings. The molecule has 0 amide bonds. The second-order valence-corrected chi connectivity index (χ2v) is 6.16. The van der Waals surface area contributed by atoms with Gasteiger partial charge in [0.05, 0.1) is 7.11 Å². The SMILES string of the molecule is COC(=O)COc1c(C(C)C)cc(SC#N)cc1C(C)C. The van der Waals surface area contributed by atoms with Gasteiger partial charge in [-0.2, -0.15) is 5.26 Å². The molecule has 0 aliphatic heterocycles. The van der Waals surface area contributed by atoms with E-state index in [0.717, 1.165) is 33.5 Å². The van der Waals surface area contributed by atoms with E-state index in [-0.39, 0.29) is 18.4 Å². The predicted molar refractivity (Wildman–Crippen MR) is 83.6 cm³/mol. The summed E-state index contributed by atoms with van der Waals surface area (Å²) < 4.78 is 10.3. The van der Waals surface area contributed by atoms with Gasteiger partial charge in [-0.25, -0.2) is 4.79 Å². The summed E-state index contributed by atoms with van der Waals surface area (Å²) >= 11 is 1.13. The fourth-order valence-electron chi connectivity index (χ4n) is 1.97. The number of methoxy groups -OCH3 is 1. The predicted octanol–water partition coefficient (Wildman–Crippen LogP) is 4.06. The molecule has 0 saturated heterocycles. The Morgan fingerprint density at radius 3 is 2.14 bits per heavy atom. The number of hydrogen-bond donors (Lipinski definition) is 0. The zero-order valence-corrected chi connectivity index (χ0v) is 13.9. The normalized spacial score (nSPS) is 10.6. The average molecular weight is 307 g/mol. The first-order valence-corrected chi connectivity index (χ1v) is 7.65. The van der Waals surface area contributed by atoms with Crippen LogP contribution in [0.4, 0.5) is 0 Å². The van der Waals surface area contributed by atoms with Crippen molar-refractivity contribution in [3.63, 3.8) is 0 Å². The minimum atomic E-state index is -0.408. The largest absolute Gasteiger partial charge is 0.481 e. The quantitative estimate of drug-likeness (QED) is 0.450. The second kappa shape index (κ2) is 7.94. The highest BCUT2D eigenvalue weighted by molar-refractivity contribution is 8.03. The van der Waals surface area contributed by atoms with Gasteiger partial charge in [-0.15, -0.1) is 0 Å². The highest BCUT2D eigenvalue weighted by atomic mass is 32.2. The Kier molecular flexibility index (Phi) is 6.57. The number of carbonyl (C=O) groups is 1. The third kappa shape index (κ3) is 4.68. The molecule has 0 aliphatic carbocycles. The van der Waals surface area contributed by atoms with E-state index in [0.29, 0.717) is 0 Å². The molecule has 0 fully saturated rings. The topological polar surface area (TPSA) is 59.3 Å². The molecule has 0 bridgehead atoms. The van der Waals surface area contributed by atoms with Gasteiger partial charge >= 0.3 is 5.97 Å². The maximum absolute atomic E-state index is 11.3. The van der Waals surface area contributed by atoms with Crippen LogP contribution in [0.2, 0.25) is 0 Å². The number of ether oxygens (including phenoxy) is 2. The third-order valence-corrected chi connectivity index (χ3v) is 3.65. The molecule has 5 heteroatoms. The molecule has 0 atom stereocenters. The molecule has 4 nitrogen and oxygen atoms in total. The maximum Gasteiger partial charge on any atom is 0.343 e. The van der Waals surface area contributed by atoms with Gasteiger partial charge in [0.25, 0.3) is 0 Å². The molecule has 1 aromatic rings. The third-order valence-electron chi connectivity index (χ3n) is 3.09. The first-order chi connectivity index (χ1) is 9.90. The van der Waals surface area contributed by atoms with Gasteiger partial charge in [-0.1, -0.05) is 27.7 Å². The summed E-state index contributed by atoms with van der Waals surface area (Å²) in [7, 11) is 1.34. The number of carbonyl (C=O) groups excluding carboxylic acids is 1. The standard InChI is InChI=1S/C16H21NO3S/c1-10(2)13-6-12(21-9-17)7-14(11(3)4)16(13)20-8-15(18)19-5/h6-7,10-11H,8H2,1-5H3. The van der Waals surface area contributed by atoms with Crippen molar-refractivity contribution in [3.05, 3.63) is 23.3 Å². The van der Waals surface area contributed by atoms with Crippen LogP contribution in [0.3, 0.4) is 0 Å². The summed E-state index contributed by atoms with van der Waals surface area (Å²) in [6, 6.07) is 3.91. The van der Waals surface area contributed by atoms with Crippen molar-refractivity contribution in [1.29, 1.82) is 5.26 Å². The van der Waals surface area contributed by atoms with Crippen LogP contribution in [0, 0.1) is 10.7 Å². The van der Waals surface area contributed by atoms with Gasteiger partial charge < -0.3 is 9.47 Å². The number of thiocyanates is 1. The molecule has 1 aromatic carbocycles. The Hall–Kier alpha value is -1.67. The molecule has 0 aromatic heterocycles. The van der Waals surface area contributed by atoms with Crippen LogP contribution in [0.1, 0.15) is 50.7 Å². The van der Waals surface area contributed by atoms with Gasteiger partial charge in [0.1, 0.15) is 11.2 Å². The molecule has 0 saturated carbocycles. The number of thioether (sulfide) groups is 1. The maximum atomic E-state index is 11.3. The van der Waals surface area contributed by atoms with Crippen molar-refractivity contribution in [2.75, 3.05) is 13.7 Å². The fourth-order valence-corrected chi connectivity index (χ4v) is 2.45. The Labute approximate surface area is 130 Å². The number of esters is 1. The first-order valence-electron chi connectivity index (χ1n) is 6.84. The highest BCUT2D eigenvalue weighted by Crippen LogP contribution is 2.38. The van der Waals surface area contributed by atoms with Gasteiger partial charge in [0.15, 0.2) is 6.61 Å². The zero-order valence-electron chi connectivity index (χ0n) is 13.1. The van der Waals surface area contributed by atoms with Crippen molar-refractivity contribution in [1.82, 2.24) is 0 Å². The van der Waals surface area contributed by atoms with Crippen LogP contribution in [0.25, 0.3) is 0 Å². The number of nitrogens with zero attached hydrogens (tertiary/aromatic N) is 1. The molecule has 114 valence electrons. The number of rotatable bonds is 6. The lowest BCUT2D eigenvalue weighted by molar-refractivity contribution is -0.142. The van der Waals surface area contributed by atoms with Crippen molar-refractivity contribution in [3.8, 4) is 11.2 Å².